The van der Waals surface area contributed by atoms with Crippen LogP contribution in [0.5, 0.6) is 0 Å². The molecule has 1 amide bonds. The fourth-order valence-corrected chi connectivity index (χ4v) is 2.23. The summed E-state index contributed by atoms with van der Waals surface area (Å²) in [5.74, 6) is 0.536. The van der Waals surface area contributed by atoms with E-state index in [0.717, 1.165) is 16.5 Å². The lowest BCUT2D eigenvalue weighted by molar-refractivity contribution is -0.125. The van der Waals surface area contributed by atoms with Crippen LogP contribution in [0.25, 0.3) is 10.9 Å². The van der Waals surface area contributed by atoms with E-state index in [9.17, 15) is 4.79 Å². The minimum Gasteiger partial charge on any atom is -0.361 e. The van der Waals surface area contributed by atoms with E-state index < -0.39 is 5.41 Å². The first kappa shape index (κ1) is 13.7. The first-order chi connectivity index (χ1) is 8.93. The average molecular weight is 258 g/mol. The van der Waals surface area contributed by atoms with Crippen LogP contribution in [0.2, 0.25) is 0 Å². The van der Waals surface area contributed by atoms with Gasteiger partial charge in [-0.3, -0.25) is 4.79 Å². The Morgan fingerprint density at radius 1 is 1.32 bits per heavy atom. The Hall–Kier alpha value is -1.77. The number of nitrogens with one attached hydrogen (secondary N) is 2. The monoisotopic (exact) mass is 258 g/mol. The van der Waals surface area contributed by atoms with Gasteiger partial charge in [-0.05, 0) is 31.4 Å². The van der Waals surface area contributed by atoms with Gasteiger partial charge < -0.3 is 10.3 Å². The molecule has 0 aliphatic heterocycles. The van der Waals surface area contributed by atoms with Gasteiger partial charge in [-0.25, -0.2) is 0 Å². The molecule has 1 heterocycles. The van der Waals surface area contributed by atoms with Crippen LogP contribution in [0.4, 0.5) is 0 Å². The lowest BCUT2D eigenvalue weighted by atomic mass is 9.83. The predicted molar refractivity (Wildman–Crippen MR) is 79.2 cm³/mol. The molecule has 1 aromatic carbocycles. The molecule has 0 aliphatic carbocycles. The molecule has 3 nitrogen and oxygen atoms in total. The number of hydrogen-bond donors (Lipinski definition) is 2. The Morgan fingerprint density at radius 3 is 2.68 bits per heavy atom. The number of rotatable bonds is 4. The summed E-state index contributed by atoms with van der Waals surface area (Å²) >= 11 is 0. The van der Waals surface area contributed by atoms with Crippen LogP contribution in [-0.2, 0) is 10.2 Å². The number of aromatic nitrogens is 1. The first-order valence-corrected chi connectivity index (χ1v) is 6.78. The number of fused-ring (bicyclic) bond motifs is 1. The number of hydrogen-bond acceptors (Lipinski definition) is 1. The molecule has 0 saturated heterocycles. The van der Waals surface area contributed by atoms with Crippen molar-refractivity contribution in [3.63, 3.8) is 0 Å². The molecule has 0 spiro atoms. The highest BCUT2D eigenvalue weighted by Gasteiger charge is 2.31. The minimum atomic E-state index is -0.533. The molecular weight excluding hydrogens is 236 g/mol. The third kappa shape index (κ3) is 2.65. The summed E-state index contributed by atoms with van der Waals surface area (Å²) in [6.07, 6.45) is 1.94. The quantitative estimate of drug-likeness (QED) is 0.869. The van der Waals surface area contributed by atoms with E-state index in [2.05, 4.69) is 30.2 Å². The minimum absolute atomic E-state index is 0.0750. The first-order valence-electron chi connectivity index (χ1n) is 6.78. The highest BCUT2D eigenvalue weighted by atomic mass is 16.2. The molecule has 0 aliphatic rings. The van der Waals surface area contributed by atoms with Gasteiger partial charge in [0.25, 0.3) is 0 Å². The number of amides is 1. The molecule has 0 bridgehead atoms. The second kappa shape index (κ2) is 5.08. The number of para-hydroxylation sites is 1. The van der Waals surface area contributed by atoms with Crippen molar-refractivity contribution in [3.8, 4) is 0 Å². The summed E-state index contributed by atoms with van der Waals surface area (Å²) in [7, 11) is 0. The Kier molecular flexibility index (Phi) is 3.65. The van der Waals surface area contributed by atoms with Gasteiger partial charge in [0, 0.05) is 23.6 Å². The molecule has 19 heavy (non-hydrogen) atoms. The number of carbonyl (C=O) groups excluding carboxylic acids is 1. The molecule has 3 heteroatoms. The van der Waals surface area contributed by atoms with Crippen LogP contribution in [-0.4, -0.2) is 17.4 Å². The van der Waals surface area contributed by atoms with Gasteiger partial charge in [0.15, 0.2) is 0 Å². The zero-order valence-corrected chi connectivity index (χ0v) is 12.1. The smallest absolute Gasteiger partial charge is 0.230 e. The van der Waals surface area contributed by atoms with Crippen LogP contribution in [0, 0.1) is 5.92 Å². The molecule has 2 aromatic rings. The number of aromatic amines is 1. The Balaban J connectivity index is 2.30. The Bertz CT molecular complexity index is 581. The molecule has 0 radical (unpaired) electrons. The number of H-pyrrole nitrogens is 1. The van der Waals surface area contributed by atoms with Crippen molar-refractivity contribution in [2.75, 3.05) is 6.54 Å². The van der Waals surface area contributed by atoms with Gasteiger partial charge in [0.05, 0.1) is 5.41 Å². The molecule has 0 saturated carbocycles. The molecule has 0 fully saturated rings. The lowest BCUT2D eigenvalue weighted by Crippen LogP contribution is -2.41. The molecule has 102 valence electrons. The second-order valence-corrected chi connectivity index (χ2v) is 5.98. The lowest BCUT2D eigenvalue weighted by Gasteiger charge is -2.24. The van der Waals surface area contributed by atoms with Crippen molar-refractivity contribution < 1.29 is 4.79 Å². The summed E-state index contributed by atoms with van der Waals surface area (Å²) in [5, 5.41) is 4.14. The Morgan fingerprint density at radius 2 is 2.00 bits per heavy atom. The van der Waals surface area contributed by atoms with Gasteiger partial charge in [0.1, 0.15) is 0 Å². The summed E-state index contributed by atoms with van der Waals surface area (Å²) in [5.41, 5.74) is 1.58. The molecule has 0 unspecified atom stereocenters. The van der Waals surface area contributed by atoms with E-state index in [1.165, 1.54) is 0 Å². The van der Waals surface area contributed by atoms with Gasteiger partial charge in [-0.1, -0.05) is 32.0 Å². The Labute approximate surface area is 114 Å². The fraction of sp³-hybridized carbons (Fsp3) is 0.438. The third-order valence-corrected chi connectivity index (χ3v) is 3.50. The van der Waals surface area contributed by atoms with E-state index in [1.807, 2.05) is 38.2 Å². The molecule has 0 atom stereocenters. The van der Waals surface area contributed by atoms with Crippen LogP contribution in [0.1, 0.15) is 33.3 Å². The van der Waals surface area contributed by atoms with E-state index in [4.69, 9.17) is 0 Å². The third-order valence-electron chi connectivity index (χ3n) is 3.50. The van der Waals surface area contributed by atoms with Crippen molar-refractivity contribution in [1.29, 1.82) is 0 Å². The molecular formula is C16H22N2O. The number of benzene rings is 1. The zero-order valence-electron chi connectivity index (χ0n) is 12.1. The van der Waals surface area contributed by atoms with Gasteiger partial charge in [0.2, 0.25) is 5.91 Å². The molecule has 2 N–H and O–H groups in total. The standard InChI is InChI=1S/C16H22N2O/c1-11(2)9-18-15(19)16(3,4)13-10-17-14-8-6-5-7-12(13)14/h5-8,10-11,17H,9H2,1-4H3,(H,18,19). The predicted octanol–water partition coefficient (Wildman–Crippen LogP) is 3.22. The summed E-state index contributed by atoms with van der Waals surface area (Å²) in [4.78, 5) is 15.6. The van der Waals surface area contributed by atoms with Crippen molar-refractivity contribution in [1.82, 2.24) is 10.3 Å². The van der Waals surface area contributed by atoms with Crippen LogP contribution >= 0.6 is 0 Å². The SMILES string of the molecule is CC(C)CNC(=O)C(C)(C)c1c[nH]c2ccccc12. The van der Waals surface area contributed by atoms with E-state index in [-0.39, 0.29) is 5.91 Å². The van der Waals surface area contributed by atoms with Crippen molar-refractivity contribution >= 4 is 16.8 Å². The fourth-order valence-electron chi connectivity index (χ4n) is 2.23. The normalized spacial score (nSPS) is 12.1. The molecule has 1 aromatic heterocycles. The highest BCUT2D eigenvalue weighted by Crippen LogP contribution is 2.30. The van der Waals surface area contributed by atoms with E-state index in [1.54, 1.807) is 0 Å². The average Bonchev–Trinajstić information content (AvgIpc) is 2.80. The summed E-state index contributed by atoms with van der Waals surface area (Å²) in [6.45, 7) is 8.85. The van der Waals surface area contributed by atoms with Gasteiger partial charge in [-0.15, -0.1) is 0 Å². The van der Waals surface area contributed by atoms with Gasteiger partial charge in [-0.2, -0.15) is 0 Å². The van der Waals surface area contributed by atoms with Crippen LogP contribution < -0.4 is 5.32 Å². The van der Waals surface area contributed by atoms with Crippen molar-refractivity contribution in [3.05, 3.63) is 36.0 Å². The highest BCUT2D eigenvalue weighted by molar-refractivity contribution is 5.94. The zero-order chi connectivity index (χ0) is 14.0. The van der Waals surface area contributed by atoms with E-state index in [0.29, 0.717) is 12.5 Å². The molecule has 2 rings (SSSR count). The maximum Gasteiger partial charge on any atom is 0.230 e. The second-order valence-electron chi connectivity index (χ2n) is 5.98. The topological polar surface area (TPSA) is 44.9 Å². The number of carbonyl (C=O) groups is 1. The van der Waals surface area contributed by atoms with Crippen LogP contribution in [0.3, 0.4) is 0 Å². The summed E-state index contributed by atoms with van der Waals surface area (Å²) < 4.78 is 0. The van der Waals surface area contributed by atoms with Gasteiger partial charge >= 0.3 is 0 Å². The van der Waals surface area contributed by atoms with Crippen molar-refractivity contribution in [2.45, 2.75) is 33.1 Å². The largest absolute Gasteiger partial charge is 0.361 e. The van der Waals surface area contributed by atoms with Crippen LogP contribution in [0.15, 0.2) is 30.5 Å². The summed E-state index contributed by atoms with van der Waals surface area (Å²) in [6, 6.07) is 8.08. The maximum absolute atomic E-state index is 12.4. The van der Waals surface area contributed by atoms with Crippen molar-refractivity contribution in [2.24, 2.45) is 5.92 Å². The maximum atomic E-state index is 12.4. The van der Waals surface area contributed by atoms with E-state index >= 15 is 0 Å².